The molecule has 0 aliphatic heterocycles. The molecule has 1 aromatic carbocycles. The van der Waals surface area contributed by atoms with Gasteiger partial charge in [0.2, 0.25) is 0 Å². The molecular weight excluding hydrogens is 234 g/mol. The van der Waals surface area contributed by atoms with Crippen molar-refractivity contribution in [2.75, 3.05) is 20.1 Å². The summed E-state index contributed by atoms with van der Waals surface area (Å²) in [6.45, 7) is 4.05. The molecule has 0 atom stereocenters. The molecule has 18 heavy (non-hydrogen) atoms. The zero-order chi connectivity index (χ0) is 13.1. The van der Waals surface area contributed by atoms with Crippen LogP contribution in [0.2, 0.25) is 0 Å². The normalized spacial score (nSPS) is 11.6. The third-order valence-electron chi connectivity index (χ3n) is 3.16. The maximum absolute atomic E-state index is 13.5. The molecule has 0 amide bonds. The average Bonchev–Trinajstić information content (AvgIpc) is 2.70. The first-order chi connectivity index (χ1) is 8.61. The molecule has 0 saturated carbocycles. The van der Waals surface area contributed by atoms with Gasteiger partial charge in [0, 0.05) is 24.2 Å². The van der Waals surface area contributed by atoms with Crippen molar-refractivity contribution in [3.05, 3.63) is 35.5 Å². The Hall–Kier alpha value is -1.42. The Balaban J connectivity index is 2.19. The highest BCUT2D eigenvalue weighted by Crippen LogP contribution is 2.22. The van der Waals surface area contributed by atoms with Gasteiger partial charge < -0.3 is 9.88 Å². The van der Waals surface area contributed by atoms with E-state index in [4.69, 9.17) is 0 Å². The second kappa shape index (κ2) is 5.48. The SMILES string of the molecule is CCCN(C)CCc1c[nH]c2c(F)cc(F)cc12. The zero-order valence-corrected chi connectivity index (χ0v) is 10.8. The number of fused-ring (bicyclic) bond motifs is 1. The van der Waals surface area contributed by atoms with Crippen molar-refractivity contribution >= 4 is 10.9 Å². The van der Waals surface area contributed by atoms with Crippen molar-refractivity contribution in [3.8, 4) is 0 Å². The molecule has 0 spiro atoms. The van der Waals surface area contributed by atoms with E-state index in [1.165, 1.54) is 6.07 Å². The highest BCUT2D eigenvalue weighted by Gasteiger charge is 2.10. The highest BCUT2D eigenvalue weighted by molar-refractivity contribution is 5.83. The Kier molecular flexibility index (Phi) is 3.97. The topological polar surface area (TPSA) is 19.0 Å². The standard InChI is InChI=1S/C14H18F2N2/c1-3-5-18(2)6-4-10-9-17-14-12(10)7-11(15)8-13(14)16/h7-9,17H,3-6H2,1-2H3. The Bertz CT molecular complexity index is 534. The highest BCUT2D eigenvalue weighted by atomic mass is 19.1. The van der Waals surface area contributed by atoms with Crippen molar-refractivity contribution in [2.24, 2.45) is 0 Å². The van der Waals surface area contributed by atoms with E-state index in [1.807, 2.05) is 0 Å². The van der Waals surface area contributed by atoms with Gasteiger partial charge in [-0.05, 0) is 38.1 Å². The predicted octanol–water partition coefficient (Wildman–Crippen LogP) is 3.33. The van der Waals surface area contributed by atoms with Crippen LogP contribution >= 0.6 is 0 Å². The fourth-order valence-corrected chi connectivity index (χ4v) is 2.22. The summed E-state index contributed by atoms with van der Waals surface area (Å²) in [5, 5.41) is 0.650. The predicted molar refractivity (Wildman–Crippen MR) is 69.7 cm³/mol. The molecule has 1 heterocycles. The van der Waals surface area contributed by atoms with Gasteiger partial charge in [-0.3, -0.25) is 0 Å². The Morgan fingerprint density at radius 1 is 1.22 bits per heavy atom. The Morgan fingerprint density at radius 2 is 2.00 bits per heavy atom. The van der Waals surface area contributed by atoms with Gasteiger partial charge in [-0.1, -0.05) is 6.92 Å². The molecule has 98 valence electrons. The number of hydrogen-bond donors (Lipinski definition) is 1. The van der Waals surface area contributed by atoms with Crippen molar-refractivity contribution in [1.29, 1.82) is 0 Å². The molecule has 2 rings (SSSR count). The molecule has 1 N–H and O–H groups in total. The largest absolute Gasteiger partial charge is 0.359 e. The lowest BCUT2D eigenvalue weighted by Gasteiger charge is -2.14. The summed E-state index contributed by atoms with van der Waals surface area (Å²) in [6, 6.07) is 2.30. The first-order valence-electron chi connectivity index (χ1n) is 6.25. The van der Waals surface area contributed by atoms with Gasteiger partial charge in [-0.15, -0.1) is 0 Å². The van der Waals surface area contributed by atoms with Gasteiger partial charge >= 0.3 is 0 Å². The Labute approximate surface area is 106 Å². The Morgan fingerprint density at radius 3 is 2.72 bits per heavy atom. The summed E-state index contributed by atoms with van der Waals surface area (Å²) in [7, 11) is 2.06. The van der Waals surface area contributed by atoms with Crippen LogP contribution in [-0.4, -0.2) is 30.0 Å². The van der Waals surface area contributed by atoms with E-state index in [-0.39, 0.29) is 0 Å². The van der Waals surface area contributed by atoms with Gasteiger partial charge in [-0.25, -0.2) is 8.78 Å². The summed E-state index contributed by atoms with van der Waals surface area (Å²) >= 11 is 0. The van der Waals surface area contributed by atoms with E-state index in [0.717, 1.165) is 37.6 Å². The minimum atomic E-state index is -0.529. The number of hydrogen-bond acceptors (Lipinski definition) is 1. The quantitative estimate of drug-likeness (QED) is 0.864. The molecule has 0 radical (unpaired) electrons. The fraction of sp³-hybridized carbons (Fsp3) is 0.429. The van der Waals surface area contributed by atoms with E-state index >= 15 is 0 Å². The maximum Gasteiger partial charge on any atom is 0.150 e. The number of aromatic nitrogens is 1. The summed E-state index contributed by atoms with van der Waals surface area (Å²) in [4.78, 5) is 5.10. The van der Waals surface area contributed by atoms with Gasteiger partial charge in [0.1, 0.15) is 11.6 Å². The van der Waals surface area contributed by atoms with E-state index in [9.17, 15) is 8.78 Å². The van der Waals surface area contributed by atoms with E-state index in [2.05, 4.69) is 23.9 Å². The lowest BCUT2D eigenvalue weighted by Crippen LogP contribution is -2.21. The minimum Gasteiger partial charge on any atom is -0.359 e. The van der Waals surface area contributed by atoms with Crippen LogP contribution in [0.5, 0.6) is 0 Å². The van der Waals surface area contributed by atoms with Crippen LogP contribution in [0.1, 0.15) is 18.9 Å². The van der Waals surface area contributed by atoms with Crippen LogP contribution in [0.3, 0.4) is 0 Å². The van der Waals surface area contributed by atoms with Gasteiger partial charge in [0.15, 0.2) is 0 Å². The van der Waals surface area contributed by atoms with Crippen molar-refractivity contribution < 1.29 is 8.78 Å². The first kappa shape index (κ1) is 13.0. The smallest absolute Gasteiger partial charge is 0.150 e. The molecule has 0 aliphatic rings. The number of nitrogens with one attached hydrogen (secondary N) is 1. The number of rotatable bonds is 5. The van der Waals surface area contributed by atoms with Crippen LogP contribution in [0.25, 0.3) is 10.9 Å². The third-order valence-corrected chi connectivity index (χ3v) is 3.16. The van der Waals surface area contributed by atoms with Crippen molar-refractivity contribution in [2.45, 2.75) is 19.8 Å². The maximum atomic E-state index is 13.5. The molecule has 1 aromatic heterocycles. The third kappa shape index (κ3) is 2.70. The van der Waals surface area contributed by atoms with Crippen LogP contribution in [-0.2, 0) is 6.42 Å². The van der Waals surface area contributed by atoms with Crippen LogP contribution in [0.15, 0.2) is 18.3 Å². The van der Waals surface area contributed by atoms with Gasteiger partial charge in [0.05, 0.1) is 5.52 Å². The summed E-state index contributed by atoms with van der Waals surface area (Å²) in [5.41, 5.74) is 1.36. The monoisotopic (exact) mass is 252 g/mol. The molecule has 0 saturated heterocycles. The summed E-state index contributed by atoms with van der Waals surface area (Å²) < 4.78 is 26.7. The lowest BCUT2D eigenvalue weighted by molar-refractivity contribution is 0.339. The molecule has 4 heteroatoms. The zero-order valence-electron chi connectivity index (χ0n) is 10.8. The second-order valence-electron chi connectivity index (χ2n) is 4.68. The lowest BCUT2D eigenvalue weighted by atomic mass is 10.1. The van der Waals surface area contributed by atoms with Crippen LogP contribution in [0, 0.1) is 11.6 Å². The molecule has 0 fully saturated rings. The molecule has 2 nitrogen and oxygen atoms in total. The number of halogens is 2. The number of H-pyrrole nitrogens is 1. The molecule has 0 bridgehead atoms. The van der Waals surface area contributed by atoms with Crippen LogP contribution < -0.4 is 0 Å². The number of nitrogens with zero attached hydrogens (tertiary/aromatic N) is 1. The van der Waals surface area contributed by atoms with E-state index < -0.39 is 11.6 Å². The average molecular weight is 252 g/mol. The van der Waals surface area contributed by atoms with Gasteiger partial charge in [0.25, 0.3) is 0 Å². The van der Waals surface area contributed by atoms with Crippen molar-refractivity contribution in [1.82, 2.24) is 9.88 Å². The van der Waals surface area contributed by atoms with Gasteiger partial charge in [-0.2, -0.15) is 0 Å². The summed E-state index contributed by atoms with van der Waals surface area (Å²) in [6.07, 6.45) is 3.67. The van der Waals surface area contributed by atoms with Crippen LogP contribution in [0.4, 0.5) is 8.78 Å². The molecular formula is C14H18F2N2. The molecule has 2 aromatic rings. The van der Waals surface area contributed by atoms with E-state index in [1.54, 1.807) is 6.20 Å². The van der Waals surface area contributed by atoms with Crippen molar-refractivity contribution in [3.63, 3.8) is 0 Å². The number of aromatic amines is 1. The second-order valence-corrected chi connectivity index (χ2v) is 4.68. The number of benzene rings is 1. The summed E-state index contributed by atoms with van der Waals surface area (Å²) in [5.74, 6) is -1.05. The fourth-order valence-electron chi connectivity index (χ4n) is 2.22. The first-order valence-corrected chi connectivity index (χ1v) is 6.25. The number of likely N-dealkylation sites (N-methyl/N-ethyl adjacent to an activating group) is 1. The molecule has 0 aliphatic carbocycles. The molecule has 0 unspecified atom stereocenters. The van der Waals surface area contributed by atoms with E-state index in [0.29, 0.717) is 10.9 Å². The minimum absolute atomic E-state index is 0.393.